The molecule has 2 aliphatic heterocycles. The first-order chi connectivity index (χ1) is 8.15. The lowest BCUT2D eigenvalue weighted by Crippen LogP contribution is -2.45. The minimum Gasteiger partial charge on any atom is -0.467 e. The molecule has 2 saturated heterocycles. The summed E-state index contributed by atoms with van der Waals surface area (Å²) in [6.07, 6.45) is 2.29. The molecule has 1 amide bonds. The minimum absolute atomic E-state index is 0.0404. The van der Waals surface area contributed by atoms with E-state index in [-0.39, 0.29) is 29.9 Å². The van der Waals surface area contributed by atoms with Crippen LogP contribution in [0.3, 0.4) is 0 Å². The zero-order valence-corrected chi connectivity index (χ0v) is 10.3. The van der Waals surface area contributed by atoms with E-state index in [0.717, 1.165) is 12.8 Å². The molecule has 0 aliphatic carbocycles. The first-order valence-electron chi connectivity index (χ1n) is 6.15. The van der Waals surface area contributed by atoms with Crippen LogP contribution in [-0.2, 0) is 19.1 Å². The fraction of sp³-hybridized carbons (Fsp3) is 0.833. The molecule has 17 heavy (non-hydrogen) atoms. The van der Waals surface area contributed by atoms with Crippen molar-refractivity contribution in [3.63, 3.8) is 0 Å². The van der Waals surface area contributed by atoms with Gasteiger partial charge in [-0.3, -0.25) is 4.79 Å². The number of hydrogen-bond acceptors (Lipinski definition) is 4. The first-order valence-corrected chi connectivity index (χ1v) is 6.15. The molecule has 5 heteroatoms. The van der Waals surface area contributed by atoms with Gasteiger partial charge in [0.25, 0.3) is 0 Å². The molecule has 0 bridgehead atoms. The molecule has 0 radical (unpaired) electrons. The third-order valence-electron chi connectivity index (χ3n) is 3.70. The number of methoxy groups -OCH3 is 1. The lowest BCUT2D eigenvalue weighted by molar-refractivity contribution is -0.152. The lowest BCUT2D eigenvalue weighted by Gasteiger charge is -2.26. The van der Waals surface area contributed by atoms with Crippen LogP contribution in [0.25, 0.3) is 0 Å². The Balaban J connectivity index is 2.05. The first kappa shape index (κ1) is 12.4. The maximum absolute atomic E-state index is 12.3. The lowest BCUT2D eigenvalue weighted by atomic mass is 10.0. The Hall–Kier alpha value is -1.10. The monoisotopic (exact) mass is 241 g/mol. The molecule has 0 aromatic rings. The maximum Gasteiger partial charge on any atom is 0.328 e. The van der Waals surface area contributed by atoms with E-state index in [1.807, 2.05) is 6.92 Å². The fourth-order valence-corrected chi connectivity index (χ4v) is 2.68. The van der Waals surface area contributed by atoms with Crippen molar-refractivity contribution in [1.29, 1.82) is 0 Å². The molecule has 0 N–H and O–H groups in total. The number of esters is 1. The van der Waals surface area contributed by atoms with Crippen LogP contribution in [0.5, 0.6) is 0 Å². The van der Waals surface area contributed by atoms with Crippen LogP contribution in [0, 0.1) is 5.92 Å². The zero-order chi connectivity index (χ0) is 12.4. The van der Waals surface area contributed by atoms with Crippen molar-refractivity contribution in [3.05, 3.63) is 0 Å². The van der Waals surface area contributed by atoms with Crippen molar-refractivity contribution in [3.8, 4) is 0 Å². The van der Waals surface area contributed by atoms with E-state index in [9.17, 15) is 9.59 Å². The average Bonchev–Trinajstić information content (AvgIpc) is 2.95. The number of ether oxygens (including phenoxy) is 2. The Morgan fingerprint density at radius 2 is 2.12 bits per heavy atom. The van der Waals surface area contributed by atoms with Crippen LogP contribution >= 0.6 is 0 Å². The van der Waals surface area contributed by atoms with Gasteiger partial charge in [0.05, 0.1) is 19.1 Å². The second-order valence-electron chi connectivity index (χ2n) is 4.68. The van der Waals surface area contributed by atoms with Crippen molar-refractivity contribution >= 4 is 11.9 Å². The predicted molar refractivity (Wildman–Crippen MR) is 60.3 cm³/mol. The van der Waals surface area contributed by atoms with E-state index in [0.29, 0.717) is 19.6 Å². The second-order valence-corrected chi connectivity index (χ2v) is 4.68. The van der Waals surface area contributed by atoms with E-state index in [1.54, 1.807) is 4.90 Å². The Morgan fingerprint density at radius 3 is 2.71 bits per heavy atom. The number of carbonyl (C=O) groups is 2. The summed E-state index contributed by atoms with van der Waals surface area (Å²) < 4.78 is 10.1. The molecule has 3 unspecified atom stereocenters. The van der Waals surface area contributed by atoms with Gasteiger partial charge in [-0.2, -0.15) is 0 Å². The third kappa shape index (κ3) is 2.29. The van der Waals surface area contributed by atoms with Crippen LogP contribution in [0.4, 0.5) is 0 Å². The molecule has 0 aromatic heterocycles. The summed E-state index contributed by atoms with van der Waals surface area (Å²) in [5, 5.41) is 0. The van der Waals surface area contributed by atoms with Crippen LogP contribution in [0.2, 0.25) is 0 Å². The summed E-state index contributed by atoms with van der Waals surface area (Å²) in [5.41, 5.74) is 0. The summed E-state index contributed by atoms with van der Waals surface area (Å²) in [6, 6.07) is -0.389. The number of rotatable bonds is 2. The molecule has 0 spiro atoms. The van der Waals surface area contributed by atoms with E-state index in [4.69, 9.17) is 9.47 Å². The topological polar surface area (TPSA) is 55.8 Å². The smallest absolute Gasteiger partial charge is 0.328 e. The van der Waals surface area contributed by atoms with Gasteiger partial charge in [0.2, 0.25) is 5.91 Å². The Labute approximate surface area is 101 Å². The van der Waals surface area contributed by atoms with Gasteiger partial charge in [-0.1, -0.05) is 0 Å². The summed E-state index contributed by atoms with van der Waals surface area (Å²) in [6.45, 7) is 3.20. The number of likely N-dealkylation sites (tertiary alicyclic amines) is 1. The van der Waals surface area contributed by atoms with E-state index in [1.165, 1.54) is 7.11 Å². The highest BCUT2D eigenvalue weighted by atomic mass is 16.5. The maximum atomic E-state index is 12.3. The van der Waals surface area contributed by atoms with Gasteiger partial charge < -0.3 is 14.4 Å². The van der Waals surface area contributed by atoms with Crippen molar-refractivity contribution in [2.24, 2.45) is 5.92 Å². The Kier molecular flexibility index (Phi) is 3.66. The molecule has 0 aromatic carbocycles. The molecule has 2 heterocycles. The number of carbonyl (C=O) groups excluding carboxylic acids is 2. The summed E-state index contributed by atoms with van der Waals surface area (Å²) in [5.74, 6) is -0.356. The van der Waals surface area contributed by atoms with Gasteiger partial charge in [-0.05, 0) is 26.2 Å². The number of hydrogen-bond donors (Lipinski definition) is 0. The van der Waals surface area contributed by atoms with Crippen LogP contribution in [-0.4, -0.2) is 49.2 Å². The Bertz CT molecular complexity index is 318. The van der Waals surface area contributed by atoms with Gasteiger partial charge in [0.1, 0.15) is 6.04 Å². The normalized spacial score (nSPS) is 32.8. The van der Waals surface area contributed by atoms with Crippen LogP contribution in [0.15, 0.2) is 0 Å². The van der Waals surface area contributed by atoms with Crippen molar-refractivity contribution in [2.75, 3.05) is 20.3 Å². The standard InChI is InChI=1S/C12H19NO4/c1-8-9(5-7-17-8)11(14)13-6-3-4-10(13)12(15)16-2/h8-10H,3-7H2,1-2H3. The third-order valence-corrected chi connectivity index (χ3v) is 3.70. The summed E-state index contributed by atoms with van der Waals surface area (Å²) >= 11 is 0. The highest BCUT2D eigenvalue weighted by Crippen LogP contribution is 2.27. The summed E-state index contributed by atoms with van der Waals surface area (Å²) in [4.78, 5) is 25.6. The van der Waals surface area contributed by atoms with E-state index < -0.39 is 0 Å². The molecule has 2 fully saturated rings. The quantitative estimate of drug-likeness (QED) is 0.663. The molecular formula is C12H19NO4. The SMILES string of the molecule is COC(=O)C1CCCN1C(=O)C1CCOC1C. The molecule has 2 aliphatic rings. The van der Waals surface area contributed by atoms with Gasteiger partial charge in [0, 0.05) is 13.2 Å². The molecule has 3 atom stereocenters. The van der Waals surface area contributed by atoms with Gasteiger partial charge >= 0.3 is 5.97 Å². The van der Waals surface area contributed by atoms with Gasteiger partial charge in [0.15, 0.2) is 0 Å². The molecule has 0 saturated carbocycles. The Morgan fingerprint density at radius 1 is 1.35 bits per heavy atom. The highest BCUT2D eigenvalue weighted by Gasteiger charge is 2.41. The summed E-state index contributed by atoms with van der Waals surface area (Å²) in [7, 11) is 1.37. The van der Waals surface area contributed by atoms with Crippen molar-refractivity contribution < 1.29 is 19.1 Å². The second kappa shape index (κ2) is 5.04. The van der Waals surface area contributed by atoms with E-state index in [2.05, 4.69) is 0 Å². The molecule has 2 rings (SSSR count). The van der Waals surface area contributed by atoms with Gasteiger partial charge in [-0.25, -0.2) is 4.79 Å². The molecular weight excluding hydrogens is 222 g/mol. The van der Waals surface area contributed by atoms with Crippen LogP contribution < -0.4 is 0 Å². The minimum atomic E-state index is -0.389. The fourth-order valence-electron chi connectivity index (χ4n) is 2.68. The predicted octanol–water partition coefficient (Wildman–Crippen LogP) is 0.575. The number of nitrogens with zero attached hydrogens (tertiary/aromatic N) is 1. The van der Waals surface area contributed by atoms with E-state index >= 15 is 0 Å². The molecule has 5 nitrogen and oxygen atoms in total. The molecule has 96 valence electrons. The van der Waals surface area contributed by atoms with Crippen molar-refractivity contribution in [1.82, 2.24) is 4.90 Å². The van der Waals surface area contributed by atoms with Gasteiger partial charge in [-0.15, -0.1) is 0 Å². The number of amides is 1. The van der Waals surface area contributed by atoms with Crippen LogP contribution in [0.1, 0.15) is 26.2 Å². The highest BCUT2D eigenvalue weighted by molar-refractivity contribution is 5.86. The zero-order valence-electron chi connectivity index (χ0n) is 10.3. The average molecular weight is 241 g/mol. The largest absolute Gasteiger partial charge is 0.467 e. The van der Waals surface area contributed by atoms with Crippen molar-refractivity contribution in [2.45, 2.75) is 38.3 Å².